The van der Waals surface area contributed by atoms with Crippen molar-refractivity contribution in [2.24, 2.45) is 0 Å². The maximum atomic E-state index is 6.99. The lowest BCUT2D eigenvalue weighted by Crippen LogP contribution is -2.32. The van der Waals surface area contributed by atoms with Crippen molar-refractivity contribution in [1.82, 2.24) is 39.9 Å². The van der Waals surface area contributed by atoms with Crippen molar-refractivity contribution in [2.45, 2.75) is 10.8 Å². The van der Waals surface area contributed by atoms with E-state index in [0.717, 1.165) is 167 Å². The lowest BCUT2D eigenvalue weighted by Gasteiger charge is -2.39. The average molecular weight is 1630 g/mol. The molecule has 18 aromatic carbocycles. The summed E-state index contributed by atoms with van der Waals surface area (Å²) >= 11 is 0. The minimum atomic E-state index is -0.580. The molecule has 0 N–H and O–H groups in total. The van der Waals surface area contributed by atoms with Gasteiger partial charge in [0, 0.05) is 88.3 Å². The molecule has 128 heavy (non-hydrogen) atoms. The molecule has 0 radical (unpaired) electrons. The summed E-state index contributed by atoms with van der Waals surface area (Å²) in [4.78, 5) is 41.0. The molecule has 0 saturated heterocycles. The smallest absolute Gasteiger partial charge is 0.164 e. The second-order valence-electron chi connectivity index (χ2n) is 33.0. The van der Waals surface area contributed by atoms with Gasteiger partial charge in [-0.25, -0.2) is 39.9 Å². The molecular formula is C118H72N8O2. The highest BCUT2D eigenvalue weighted by Crippen LogP contribution is 2.65. The molecule has 0 amide bonds. The van der Waals surface area contributed by atoms with Crippen LogP contribution in [0.25, 0.3) is 179 Å². The monoisotopic (exact) mass is 1630 g/mol. The van der Waals surface area contributed by atoms with Gasteiger partial charge in [0.25, 0.3) is 0 Å². The molecule has 0 saturated carbocycles. The van der Waals surface area contributed by atoms with E-state index in [1.54, 1.807) is 0 Å². The Morgan fingerprint density at radius 3 is 0.805 bits per heavy atom. The van der Waals surface area contributed by atoms with Crippen LogP contribution in [0, 0.1) is 0 Å². The third-order valence-electron chi connectivity index (χ3n) is 25.9. The normalized spacial score (nSPS) is 12.9. The lowest BCUT2D eigenvalue weighted by atomic mass is 9.65. The van der Waals surface area contributed by atoms with Crippen LogP contribution in [0.3, 0.4) is 0 Å². The van der Waals surface area contributed by atoms with E-state index in [-0.39, 0.29) is 0 Å². The van der Waals surface area contributed by atoms with Gasteiger partial charge < -0.3 is 9.47 Å². The largest absolute Gasteiger partial charge is 0.457 e. The van der Waals surface area contributed by atoms with Gasteiger partial charge in [0.1, 0.15) is 23.0 Å². The predicted molar refractivity (Wildman–Crippen MR) is 514 cm³/mol. The van der Waals surface area contributed by atoms with Crippen LogP contribution in [0.1, 0.15) is 44.5 Å². The summed E-state index contributed by atoms with van der Waals surface area (Å²) in [5.74, 6) is 7.08. The third-order valence-corrected chi connectivity index (χ3v) is 25.9. The molecule has 596 valence electrons. The van der Waals surface area contributed by atoms with Crippen molar-refractivity contribution in [3.63, 3.8) is 0 Å². The number of rotatable bonds is 10. The summed E-state index contributed by atoms with van der Waals surface area (Å²) < 4.78 is 14.0. The minimum absolute atomic E-state index is 0.560. The first-order valence-corrected chi connectivity index (χ1v) is 43.3. The maximum Gasteiger partial charge on any atom is 0.164 e. The SMILES string of the molecule is c1ccc(-c2cccc(-c3nc(-c4ccccc4)nc(-c4cccc(-c5nc6ccccc6c6cc7c(cc56)Oc5ccccc5C75c6ccccc6-c6ccccc65)c4)n3)c2)cc1.c1ccc(-c2nc(-c3ccccc3)nc(-c3ccc(-c4cccc(-c5nc6ccccc6c6cc7c(cc56)Oc5ccccc5C75c6ccccc6-c6ccccc65)c4)cc3)n2)cc1. The van der Waals surface area contributed by atoms with Gasteiger partial charge in [0.2, 0.25) is 0 Å². The standard InChI is InChI=1S/2C59H36N4O/c1-3-17-37(18-4-1)39-21-15-23-41(33-39)57-61-56(38-19-5-2-6-20-38)62-58(63-57)42-24-16-22-40(34-42)55-47-36-54-51(35-46(47)45-27-9-13-31-52(45)60-55)59(50-30-12-14-32-53(50)64-54)48-28-10-7-25-43(48)44-26-8-11-29-49(44)59;1-3-16-38(17-4-1)56-61-57(39-18-5-2-6-19-39)63-58(62-56)40-32-30-37(31-33-40)41-20-15-21-42(34-41)55-47-36-54-51(35-46(47)45-24-9-13-28-52(45)60-55)59(50-27-12-14-29-53(50)64-54)48-25-10-7-22-43(48)44-23-8-11-26-49(44)59/h2*1-36H. The molecule has 4 aromatic heterocycles. The first kappa shape index (κ1) is 73.6. The minimum Gasteiger partial charge on any atom is -0.457 e. The summed E-state index contributed by atoms with van der Waals surface area (Å²) in [7, 11) is 0. The quantitative estimate of drug-likeness (QED) is 0.122. The fraction of sp³-hybridized carbons (Fsp3) is 0.0169. The Balaban J connectivity index is 0.000000139. The summed E-state index contributed by atoms with van der Waals surface area (Å²) in [6.07, 6.45) is 0. The summed E-state index contributed by atoms with van der Waals surface area (Å²) in [5, 5.41) is 6.48. The number of benzene rings is 18. The van der Waals surface area contributed by atoms with Gasteiger partial charge in [-0.05, 0) is 144 Å². The van der Waals surface area contributed by atoms with E-state index in [4.69, 9.17) is 49.3 Å². The highest BCUT2D eigenvalue weighted by Gasteiger charge is 2.53. The van der Waals surface area contributed by atoms with Gasteiger partial charge in [-0.2, -0.15) is 0 Å². The number of fused-ring (bicyclic) bond motifs is 24. The molecule has 0 fully saturated rings. The van der Waals surface area contributed by atoms with E-state index < -0.39 is 10.8 Å². The van der Waals surface area contributed by atoms with E-state index in [1.165, 1.54) is 44.5 Å². The van der Waals surface area contributed by atoms with E-state index >= 15 is 0 Å². The van der Waals surface area contributed by atoms with E-state index in [1.807, 2.05) is 97.1 Å². The number of para-hydroxylation sites is 4. The summed E-state index contributed by atoms with van der Waals surface area (Å²) in [6.45, 7) is 0. The highest BCUT2D eigenvalue weighted by atomic mass is 16.5. The van der Waals surface area contributed by atoms with Crippen molar-refractivity contribution in [3.8, 4) is 158 Å². The fourth-order valence-corrected chi connectivity index (χ4v) is 20.3. The van der Waals surface area contributed by atoms with Crippen LogP contribution in [0.15, 0.2) is 437 Å². The molecule has 0 unspecified atom stereocenters. The molecule has 22 aromatic rings. The number of hydrogen-bond acceptors (Lipinski definition) is 10. The van der Waals surface area contributed by atoms with Crippen LogP contribution in [0.2, 0.25) is 0 Å². The van der Waals surface area contributed by atoms with Crippen LogP contribution in [-0.2, 0) is 10.8 Å². The van der Waals surface area contributed by atoms with Crippen molar-refractivity contribution in [2.75, 3.05) is 0 Å². The van der Waals surface area contributed by atoms with E-state index in [2.05, 4.69) is 340 Å². The van der Waals surface area contributed by atoms with Gasteiger partial charge in [0.15, 0.2) is 34.9 Å². The first-order valence-electron chi connectivity index (χ1n) is 43.3. The second kappa shape index (κ2) is 29.9. The van der Waals surface area contributed by atoms with Crippen LogP contribution < -0.4 is 9.47 Å². The zero-order chi connectivity index (χ0) is 84.4. The van der Waals surface area contributed by atoms with Crippen molar-refractivity contribution < 1.29 is 9.47 Å². The molecule has 2 spiro atoms. The molecule has 2 aliphatic carbocycles. The number of hydrogen-bond donors (Lipinski definition) is 0. The molecule has 0 bridgehead atoms. The Kier molecular flexibility index (Phi) is 17.2. The molecule has 2 aliphatic heterocycles. The average Bonchev–Trinajstić information content (AvgIpc) is 1.49. The zero-order valence-electron chi connectivity index (χ0n) is 69.0. The molecule has 4 aliphatic rings. The highest BCUT2D eigenvalue weighted by molar-refractivity contribution is 6.14. The molecule has 10 heteroatoms. The van der Waals surface area contributed by atoms with E-state index in [0.29, 0.717) is 34.9 Å². The van der Waals surface area contributed by atoms with Gasteiger partial charge in [-0.1, -0.05) is 370 Å². The van der Waals surface area contributed by atoms with Crippen molar-refractivity contribution in [3.05, 3.63) is 481 Å². The molecule has 0 atom stereocenters. The fourth-order valence-electron chi connectivity index (χ4n) is 20.3. The van der Waals surface area contributed by atoms with Gasteiger partial charge >= 0.3 is 0 Å². The third kappa shape index (κ3) is 11.9. The number of ether oxygens (including phenoxy) is 2. The Morgan fingerprint density at radius 1 is 0.148 bits per heavy atom. The van der Waals surface area contributed by atoms with Gasteiger partial charge in [-0.3, -0.25) is 0 Å². The number of nitrogens with zero attached hydrogens (tertiary/aromatic N) is 8. The Labute approximate surface area is 738 Å². The topological polar surface area (TPSA) is 122 Å². The predicted octanol–water partition coefficient (Wildman–Crippen LogP) is 28.8. The molecule has 10 nitrogen and oxygen atoms in total. The summed E-state index contributed by atoms with van der Waals surface area (Å²) in [6, 6.07) is 153. The van der Waals surface area contributed by atoms with Gasteiger partial charge in [0.05, 0.1) is 33.3 Å². The summed E-state index contributed by atoms with van der Waals surface area (Å²) in [5.41, 5.74) is 29.0. The Bertz CT molecular complexity index is 8120. The first-order chi connectivity index (χ1) is 63.4. The molecule has 6 heterocycles. The second-order valence-corrected chi connectivity index (χ2v) is 33.0. The number of pyridine rings is 2. The van der Waals surface area contributed by atoms with E-state index in [9.17, 15) is 0 Å². The Morgan fingerprint density at radius 2 is 0.414 bits per heavy atom. The van der Waals surface area contributed by atoms with Crippen molar-refractivity contribution in [1.29, 1.82) is 0 Å². The van der Waals surface area contributed by atoms with Crippen LogP contribution >= 0.6 is 0 Å². The van der Waals surface area contributed by atoms with Crippen LogP contribution in [0.5, 0.6) is 23.0 Å². The van der Waals surface area contributed by atoms with Crippen molar-refractivity contribution >= 4 is 43.4 Å². The Hall–Kier alpha value is -17.1. The van der Waals surface area contributed by atoms with Gasteiger partial charge in [-0.15, -0.1) is 0 Å². The van der Waals surface area contributed by atoms with Crippen LogP contribution in [-0.4, -0.2) is 39.9 Å². The maximum absolute atomic E-state index is 6.99. The molecular weight excluding hydrogens is 1560 g/mol. The molecule has 26 rings (SSSR count). The van der Waals surface area contributed by atoms with Crippen LogP contribution in [0.4, 0.5) is 0 Å². The number of aromatic nitrogens is 8. The lowest BCUT2D eigenvalue weighted by molar-refractivity contribution is 0.437. The zero-order valence-corrected chi connectivity index (χ0v) is 69.0.